The number of halogens is 2. The van der Waals surface area contributed by atoms with E-state index in [1.54, 1.807) is 6.92 Å². The molecule has 11 heteroatoms. The number of anilines is 2. The van der Waals surface area contributed by atoms with Gasteiger partial charge in [-0.15, -0.1) is 10.2 Å². The maximum Gasteiger partial charge on any atom is 0.291 e. The molecule has 0 aliphatic rings. The molecule has 1 amide bonds. The van der Waals surface area contributed by atoms with Crippen molar-refractivity contribution < 1.29 is 13.2 Å². The van der Waals surface area contributed by atoms with Crippen LogP contribution in [0, 0.1) is 0 Å². The van der Waals surface area contributed by atoms with Crippen LogP contribution in [0.1, 0.15) is 13.3 Å². The molecule has 1 aromatic heterocycles. The Labute approximate surface area is 140 Å². The van der Waals surface area contributed by atoms with Crippen LogP contribution in [0.3, 0.4) is 0 Å². The average Bonchev–Trinajstić information content (AvgIpc) is 2.92. The summed E-state index contributed by atoms with van der Waals surface area (Å²) in [5.74, 6) is -0.286. The molecule has 22 heavy (non-hydrogen) atoms. The molecule has 0 aliphatic carbocycles. The summed E-state index contributed by atoms with van der Waals surface area (Å²) in [6.45, 7) is 1.66. The van der Waals surface area contributed by atoms with Crippen LogP contribution in [0.2, 0.25) is 10.0 Å². The topological polar surface area (TPSA) is 101 Å². The third-order valence-electron chi connectivity index (χ3n) is 2.38. The highest BCUT2D eigenvalue weighted by atomic mass is 35.5. The maximum absolute atomic E-state index is 12.2. The van der Waals surface area contributed by atoms with Gasteiger partial charge in [-0.2, -0.15) is 8.42 Å². The summed E-state index contributed by atoms with van der Waals surface area (Å²) < 4.78 is 26.4. The van der Waals surface area contributed by atoms with Gasteiger partial charge in [0.2, 0.25) is 11.0 Å². The molecule has 0 bridgehead atoms. The zero-order valence-electron chi connectivity index (χ0n) is 11.1. The van der Waals surface area contributed by atoms with Gasteiger partial charge in [0.15, 0.2) is 0 Å². The van der Waals surface area contributed by atoms with Gasteiger partial charge < -0.3 is 5.32 Å². The van der Waals surface area contributed by atoms with Crippen LogP contribution in [-0.4, -0.2) is 24.5 Å². The van der Waals surface area contributed by atoms with Crippen molar-refractivity contribution in [3.05, 3.63) is 28.2 Å². The molecule has 0 saturated carbocycles. The molecule has 7 nitrogen and oxygen atoms in total. The second-order valence-corrected chi connectivity index (χ2v) is 7.68. The second-order valence-electron chi connectivity index (χ2n) is 4.00. The predicted molar refractivity (Wildman–Crippen MR) is 86.1 cm³/mol. The van der Waals surface area contributed by atoms with E-state index in [4.69, 9.17) is 23.2 Å². The van der Waals surface area contributed by atoms with Gasteiger partial charge in [-0.1, -0.05) is 41.5 Å². The first-order chi connectivity index (χ1) is 10.3. The van der Waals surface area contributed by atoms with Gasteiger partial charge in [0.1, 0.15) is 0 Å². The van der Waals surface area contributed by atoms with Gasteiger partial charge in [-0.3, -0.25) is 9.52 Å². The molecule has 0 radical (unpaired) electrons. The molecule has 0 fully saturated rings. The molecule has 2 rings (SSSR count). The number of hydrogen-bond donors (Lipinski definition) is 2. The number of aromatic nitrogens is 2. The summed E-state index contributed by atoms with van der Waals surface area (Å²) in [6.07, 6.45) is 0.248. The Morgan fingerprint density at radius 3 is 2.73 bits per heavy atom. The lowest BCUT2D eigenvalue weighted by Crippen LogP contribution is -2.13. The molecular weight excluding hydrogens is 371 g/mol. The lowest BCUT2D eigenvalue weighted by molar-refractivity contribution is -0.115. The van der Waals surface area contributed by atoms with E-state index >= 15 is 0 Å². The molecule has 118 valence electrons. The highest BCUT2D eigenvalue weighted by Gasteiger charge is 2.22. The first-order valence-electron chi connectivity index (χ1n) is 5.93. The van der Waals surface area contributed by atoms with Crippen molar-refractivity contribution in [3.8, 4) is 0 Å². The Morgan fingerprint density at radius 1 is 1.32 bits per heavy atom. The molecule has 0 unspecified atom stereocenters. The number of sulfonamides is 1. The number of nitrogens with zero attached hydrogens (tertiary/aromatic N) is 2. The van der Waals surface area contributed by atoms with Crippen LogP contribution in [0.25, 0.3) is 0 Å². The van der Waals surface area contributed by atoms with Crippen molar-refractivity contribution in [2.24, 2.45) is 0 Å². The van der Waals surface area contributed by atoms with E-state index in [0.717, 1.165) is 11.3 Å². The zero-order valence-corrected chi connectivity index (χ0v) is 14.3. The van der Waals surface area contributed by atoms with E-state index in [0.29, 0.717) is 5.02 Å². The summed E-state index contributed by atoms with van der Waals surface area (Å²) in [7, 11) is -3.97. The van der Waals surface area contributed by atoms with Gasteiger partial charge in [0, 0.05) is 11.4 Å². The van der Waals surface area contributed by atoms with Gasteiger partial charge in [-0.25, -0.2) is 0 Å². The van der Waals surface area contributed by atoms with Crippen LogP contribution in [0.4, 0.5) is 10.8 Å². The minimum atomic E-state index is -3.97. The minimum absolute atomic E-state index is 0.101. The smallest absolute Gasteiger partial charge is 0.291 e. The molecule has 0 saturated heterocycles. The second kappa shape index (κ2) is 6.78. The van der Waals surface area contributed by atoms with Crippen molar-refractivity contribution in [2.75, 3.05) is 10.0 Å². The normalized spacial score (nSPS) is 11.2. The van der Waals surface area contributed by atoms with Crippen LogP contribution in [0.15, 0.2) is 22.5 Å². The quantitative estimate of drug-likeness (QED) is 0.776. The summed E-state index contributed by atoms with van der Waals surface area (Å²) in [4.78, 5) is 11.2. The van der Waals surface area contributed by atoms with Crippen molar-refractivity contribution in [1.29, 1.82) is 0 Å². The molecule has 0 atom stereocenters. The molecular formula is C11H10Cl2N4O3S2. The third-order valence-corrected chi connectivity index (χ3v) is 5.51. The summed E-state index contributed by atoms with van der Waals surface area (Å²) in [5.41, 5.74) is 0.128. The van der Waals surface area contributed by atoms with E-state index in [2.05, 4.69) is 20.2 Å². The van der Waals surface area contributed by atoms with Crippen molar-refractivity contribution in [1.82, 2.24) is 10.2 Å². The minimum Gasteiger partial charge on any atom is -0.301 e. The summed E-state index contributed by atoms with van der Waals surface area (Å²) >= 11 is 12.4. The van der Waals surface area contributed by atoms with Gasteiger partial charge in [0.25, 0.3) is 14.4 Å². The molecule has 1 aromatic carbocycles. The van der Waals surface area contributed by atoms with Crippen LogP contribution < -0.4 is 10.0 Å². The van der Waals surface area contributed by atoms with Crippen LogP contribution in [-0.2, 0) is 14.8 Å². The SMILES string of the molecule is CCC(=O)Nc1nnc(S(=O)(=O)Nc2cc(Cl)ccc2Cl)s1. The Bertz CT molecular complexity index is 807. The first kappa shape index (κ1) is 16.9. The summed E-state index contributed by atoms with van der Waals surface area (Å²) in [6, 6.07) is 4.38. The first-order valence-corrected chi connectivity index (χ1v) is 8.98. The van der Waals surface area contributed by atoms with Crippen LogP contribution in [0.5, 0.6) is 0 Å². The fourth-order valence-corrected chi connectivity index (χ4v) is 3.72. The standard InChI is InChI=1S/C11H10Cl2N4O3S2/c1-2-9(18)14-10-15-16-11(21-10)22(19,20)17-8-5-6(12)3-4-7(8)13/h3-5,17H,2H2,1H3,(H,14,15,18). The van der Waals surface area contributed by atoms with E-state index in [1.807, 2.05) is 0 Å². The fraction of sp³-hybridized carbons (Fsp3) is 0.182. The molecule has 2 N–H and O–H groups in total. The van der Waals surface area contributed by atoms with Crippen molar-refractivity contribution >= 4 is 61.3 Å². The predicted octanol–water partition coefficient (Wildman–Crippen LogP) is 2.99. The largest absolute Gasteiger partial charge is 0.301 e. The van der Waals surface area contributed by atoms with Gasteiger partial charge in [0.05, 0.1) is 10.7 Å². The number of benzene rings is 1. The van der Waals surface area contributed by atoms with Gasteiger partial charge in [-0.05, 0) is 18.2 Å². The van der Waals surface area contributed by atoms with E-state index in [1.165, 1.54) is 18.2 Å². The number of carbonyl (C=O) groups is 1. The van der Waals surface area contributed by atoms with Crippen molar-refractivity contribution in [3.63, 3.8) is 0 Å². The highest BCUT2D eigenvalue weighted by Crippen LogP contribution is 2.29. The fourth-order valence-electron chi connectivity index (χ4n) is 1.34. The van der Waals surface area contributed by atoms with E-state index in [-0.39, 0.29) is 32.5 Å². The highest BCUT2D eigenvalue weighted by molar-refractivity contribution is 7.94. The van der Waals surface area contributed by atoms with Crippen LogP contribution >= 0.6 is 34.5 Å². The molecule has 0 spiro atoms. The Hall–Kier alpha value is -1.42. The number of nitrogens with one attached hydrogen (secondary N) is 2. The third kappa shape index (κ3) is 4.07. The number of hydrogen-bond acceptors (Lipinski definition) is 6. The molecule has 0 aliphatic heterocycles. The zero-order chi connectivity index (χ0) is 16.3. The lowest BCUT2D eigenvalue weighted by Gasteiger charge is -2.07. The lowest BCUT2D eigenvalue weighted by atomic mass is 10.3. The number of amides is 1. The Kier molecular flexibility index (Phi) is 5.22. The van der Waals surface area contributed by atoms with Crippen molar-refractivity contribution in [2.45, 2.75) is 17.7 Å². The number of carbonyl (C=O) groups excluding carboxylic acids is 1. The monoisotopic (exact) mass is 380 g/mol. The van der Waals surface area contributed by atoms with Gasteiger partial charge >= 0.3 is 0 Å². The molecule has 1 heterocycles. The molecule has 2 aromatic rings. The maximum atomic E-state index is 12.2. The van der Waals surface area contributed by atoms with E-state index in [9.17, 15) is 13.2 Å². The number of rotatable bonds is 5. The van der Waals surface area contributed by atoms with E-state index < -0.39 is 10.0 Å². The Morgan fingerprint density at radius 2 is 2.05 bits per heavy atom. The average molecular weight is 381 g/mol. The Balaban J connectivity index is 2.23. The summed E-state index contributed by atoms with van der Waals surface area (Å²) in [5, 5.41) is 10.2.